The zero-order valence-corrected chi connectivity index (χ0v) is 51.4. The van der Waals surface area contributed by atoms with Crippen LogP contribution in [0.25, 0.3) is 75.8 Å². The van der Waals surface area contributed by atoms with Gasteiger partial charge in [0.15, 0.2) is 0 Å². The molecule has 0 N–H and O–H groups in total. The van der Waals surface area contributed by atoms with Crippen LogP contribution in [0.2, 0.25) is 0 Å². The first kappa shape index (κ1) is 52.7. The lowest BCUT2D eigenvalue weighted by atomic mass is 9.34. The molecule has 438 valence electrons. The van der Waals surface area contributed by atoms with Crippen LogP contribution < -0.4 is 61.5 Å². The van der Waals surface area contributed by atoms with Gasteiger partial charge in [0.05, 0.1) is 0 Å². The van der Waals surface area contributed by atoms with Crippen molar-refractivity contribution in [3.63, 3.8) is 0 Å². The predicted molar refractivity (Wildman–Crippen MR) is 391 cm³/mol. The summed E-state index contributed by atoms with van der Waals surface area (Å²) in [5, 5.41) is 14.4. The van der Waals surface area contributed by atoms with E-state index in [1.807, 2.05) is 12.1 Å². The number of hydrogen-bond donors (Lipinski definition) is 0. The number of anilines is 6. The molecule has 0 amide bonds. The lowest BCUT2D eigenvalue weighted by Crippen LogP contribution is -2.57. The van der Waals surface area contributed by atoms with Gasteiger partial charge < -0.3 is 28.7 Å². The van der Waals surface area contributed by atoms with E-state index in [9.17, 15) is 0 Å². The normalized spacial score (nSPS) is 12.9. The molecule has 0 bridgehead atoms. The minimum Gasteiger partial charge on any atom is -0.458 e. The number of ether oxygens (including phenoxy) is 4. The third-order valence-corrected chi connectivity index (χ3v) is 20.1. The topological polar surface area (TPSA) is 43.4 Å². The van der Waals surface area contributed by atoms with Gasteiger partial charge >= 0.3 is 0 Å². The lowest BCUT2D eigenvalue weighted by molar-refractivity contribution is 0.464. The minimum absolute atomic E-state index is 0.114. The molecule has 4 aliphatic rings. The van der Waals surface area contributed by atoms with Crippen molar-refractivity contribution in [2.45, 2.75) is 13.8 Å². The maximum absolute atomic E-state index is 7.07. The fourth-order valence-corrected chi connectivity index (χ4v) is 15.8. The van der Waals surface area contributed by atoms with Gasteiger partial charge in [-0.25, -0.2) is 0 Å². The van der Waals surface area contributed by atoms with Gasteiger partial charge in [-0.1, -0.05) is 187 Å². The molecule has 0 spiro atoms. The van der Waals surface area contributed by atoms with Crippen LogP contribution >= 0.6 is 0 Å². The summed E-state index contributed by atoms with van der Waals surface area (Å²) < 4.78 is 27.9. The molecular formula is C86H54B2N2O4. The number of benzene rings is 16. The molecule has 4 aliphatic heterocycles. The van der Waals surface area contributed by atoms with Crippen molar-refractivity contribution < 1.29 is 18.9 Å². The molecule has 0 aromatic heterocycles. The maximum Gasteiger partial charge on any atom is 0.260 e. The molecule has 20 rings (SSSR count). The van der Waals surface area contributed by atoms with Crippen LogP contribution in [-0.4, -0.2) is 13.4 Å². The number of para-hydroxylation sites is 1. The molecule has 16 aromatic rings. The van der Waals surface area contributed by atoms with Crippen LogP contribution in [0.5, 0.6) is 46.0 Å². The molecule has 8 heteroatoms. The van der Waals surface area contributed by atoms with Gasteiger partial charge in [-0.3, -0.25) is 0 Å². The van der Waals surface area contributed by atoms with Gasteiger partial charge in [0.1, 0.15) is 46.0 Å². The molecule has 94 heavy (non-hydrogen) atoms. The number of nitrogens with zero attached hydrogens (tertiary/aromatic N) is 2. The second kappa shape index (κ2) is 20.3. The van der Waals surface area contributed by atoms with E-state index in [0.29, 0.717) is 0 Å². The second-order valence-corrected chi connectivity index (χ2v) is 25.6. The van der Waals surface area contributed by atoms with Gasteiger partial charge in [0.2, 0.25) is 0 Å². The van der Waals surface area contributed by atoms with Crippen LogP contribution in [0.3, 0.4) is 0 Å². The number of fused-ring (bicyclic) bond motifs is 20. The average molecular weight is 1200 g/mol. The van der Waals surface area contributed by atoms with Crippen molar-refractivity contribution in [1.29, 1.82) is 0 Å². The van der Waals surface area contributed by atoms with Gasteiger partial charge in [0.25, 0.3) is 13.4 Å². The summed E-state index contributed by atoms with van der Waals surface area (Å²) in [6.45, 7) is 4.01. The molecule has 0 unspecified atom stereocenters. The summed E-state index contributed by atoms with van der Waals surface area (Å²) in [4.78, 5) is 4.66. The molecule has 6 nitrogen and oxygen atoms in total. The minimum atomic E-state index is -0.132. The van der Waals surface area contributed by atoms with Crippen molar-refractivity contribution in [3.8, 4) is 57.1 Å². The summed E-state index contributed by atoms with van der Waals surface area (Å²) in [7, 11) is 0. The Morgan fingerprint density at radius 1 is 0.213 bits per heavy atom. The third kappa shape index (κ3) is 7.99. The number of hydrogen-bond acceptors (Lipinski definition) is 6. The largest absolute Gasteiger partial charge is 0.458 e. The smallest absolute Gasteiger partial charge is 0.260 e. The van der Waals surface area contributed by atoms with Crippen molar-refractivity contribution in [2.75, 3.05) is 9.80 Å². The van der Waals surface area contributed by atoms with Crippen LogP contribution in [0, 0.1) is 13.8 Å². The van der Waals surface area contributed by atoms with Crippen LogP contribution in [-0.2, 0) is 0 Å². The van der Waals surface area contributed by atoms with E-state index < -0.39 is 0 Å². The first-order valence-corrected chi connectivity index (χ1v) is 32.3. The Hall–Kier alpha value is -12.0. The first-order chi connectivity index (χ1) is 46.4. The maximum atomic E-state index is 7.07. The molecule has 0 atom stereocenters. The Labute approximate surface area is 543 Å². The van der Waals surface area contributed by atoms with Crippen molar-refractivity contribution in [2.24, 2.45) is 0 Å². The SMILES string of the molecule is Cc1ccc(N(c2ccc(C)cc2)c2ccc3c(c2)Oc2cccc4c2B3c2cc3c5ccccc5c5ccc(-c6cccc(N(c7ccccc7)c7ccc8c(c7)Oc7cccc9c7B8c7cc8c%10ccccc%10c%10ccccc%10c8cc7O9)c6)cc5c3cc2O4)cc1. The van der Waals surface area contributed by atoms with Crippen molar-refractivity contribution in [3.05, 3.63) is 302 Å². The van der Waals surface area contributed by atoms with Gasteiger partial charge in [-0.05, 0) is 215 Å². The quantitative estimate of drug-likeness (QED) is 0.117. The lowest BCUT2D eigenvalue weighted by Gasteiger charge is -2.34. The van der Waals surface area contributed by atoms with E-state index in [1.165, 1.54) is 65.0 Å². The second-order valence-electron chi connectivity index (χ2n) is 25.6. The van der Waals surface area contributed by atoms with Crippen molar-refractivity contribution >= 4 is 145 Å². The molecule has 0 fully saturated rings. The number of aryl methyl sites for hydroxylation is 2. The molecule has 0 saturated heterocycles. The Morgan fingerprint density at radius 3 is 1.02 bits per heavy atom. The molecule has 0 radical (unpaired) electrons. The fourth-order valence-electron chi connectivity index (χ4n) is 15.8. The zero-order chi connectivity index (χ0) is 61.9. The molecule has 4 heterocycles. The third-order valence-electron chi connectivity index (χ3n) is 20.1. The molecular weight excluding hydrogens is 1150 g/mol. The summed E-state index contributed by atoms with van der Waals surface area (Å²) in [6.07, 6.45) is 0. The van der Waals surface area contributed by atoms with E-state index >= 15 is 0 Å². The fraction of sp³-hybridized carbons (Fsp3) is 0.0233. The zero-order valence-electron chi connectivity index (χ0n) is 51.4. The Bertz CT molecular complexity index is 5890. The van der Waals surface area contributed by atoms with Gasteiger partial charge in [0, 0.05) is 57.2 Å². The molecule has 0 aliphatic carbocycles. The first-order valence-electron chi connectivity index (χ1n) is 32.3. The van der Waals surface area contributed by atoms with Crippen molar-refractivity contribution in [1.82, 2.24) is 0 Å². The summed E-state index contributed by atoms with van der Waals surface area (Å²) in [6, 6.07) is 106. The number of rotatable bonds is 7. The summed E-state index contributed by atoms with van der Waals surface area (Å²) in [5.74, 6) is 6.61. The van der Waals surface area contributed by atoms with E-state index in [2.05, 4.69) is 303 Å². The van der Waals surface area contributed by atoms with Gasteiger partial charge in [-0.15, -0.1) is 0 Å². The Kier molecular flexibility index (Phi) is 11.4. The Balaban J connectivity index is 0.699. The highest BCUT2D eigenvalue weighted by atomic mass is 16.5. The molecule has 0 saturated carbocycles. The van der Waals surface area contributed by atoms with Crippen LogP contribution in [0.15, 0.2) is 291 Å². The van der Waals surface area contributed by atoms with E-state index in [4.69, 9.17) is 18.9 Å². The van der Waals surface area contributed by atoms with E-state index in [-0.39, 0.29) is 13.4 Å². The van der Waals surface area contributed by atoms with Crippen LogP contribution in [0.4, 0.5) is 34.1 Å². The van der Waals surface area contributed by atoms with Gasteiger partial charge in [-0.2, -0.15) is 0 Å². The monoisotopic (exact) mass is 1200 g/mol. The Morgan fingerprint density at radius 2 is 0.543 bits per heavy atom. The van der Waals surface area contributed by atoms with E-state index in [1.54, 1.807) is 0 Å². The highest BCUT2D eigenvalue weighted by Crippen LogP contribution is 2.47. The van der Waals surface area contributed by atoms with Crippen LogP contribution in [0.1, 0.15) is 11.1 Å². The molecule has 16 aromatic carbocycles. The summed E-state index contributed by atoms with van der Waals surface area (Å²) >= 11 is 0. The highest BCUT2D eigenvalue weighted by molar-refractivity contribution is 6.99. The standard InChI is InChI=1S/C86H54B2N2O4/c1-51-29-34-56(35-30-51)89(57-36-31-52(2)32-37-57)59-38-41-73-81(45-59)91-77-25-14-28-80-86(77)88(73)76-48-70-65-23-10-8-21-63(65)67-40-33-54(44-68(67)72(70)50-84(76)94-80)53-15-12-18-58(43-53)90(55-16-4-3-5-17-55)60-39-42-74-82(46-60)92-78-26-13-27-79-85(78)87(74)75-47-69-64-22-9-6-19-61(64)62-20-7-11-24-66(62)71(69)49-83(75)93-79/h3-50H,1-2H3. The predicted octanol–water partition coefficient (Wildman–Crippen LogP) is 19.3. The van der Waals surface area contributed by atoms with E-state index in [0.717, 1.165) is 135 Å². The summed E-state index contributed by atoms with van der Waals surface area (Å²) in [5.41, 5.74) is 17.4. The highest BCUT2D eigenvalue weighted by Gasteiger charge is 2.43. The average Bonchev–Trinajstić information content (AvgIpc) is 0.718.